The molecular weight excluding hydrogens is 138 g/mol. The first-order valence-corrected chi connectivity index (χ1v) is 3.44. The van der Waals surface area contributed by atoms with Crippen LogP contribution in [-0.4, -0.2) is 12.0 Å². The normalized spacial score (nSPS) is 14.7. The van der Waals surface area contributed by atoms with Crippen molar-refractivity contribution in [3.63, 3.8) is 0 Å². The van der Waals surface area contributed by atoms with Gasteiger partial charge in [-0.25, -0.2) is 4.99 Å². The van der Waals surface area contributed by atoms with E-state index in [2.05, 4.69) is 11.2 Å². The van der Waals surface area contributed by atoms with Crippen LogP contribution in [-0.2, 0) is 11.2 Å². The smallest absolute Gasteiger partial charge is 0.187 e. The van der Waals surface area contributed by atoms with E-state index in [9.17, 15) is 4.79 Å². The summed E-state index contributed by atoms with van der Waals surface area (Å²) in [5, 5.41) is 0. The monoisotopic (exact) mass is 144 g/mol. The fraction of sp³-hybridized carbons (Fsp3) is 0.111. The van der Waals surface area contributed by atoms with Crippen LogP contribution in [0.3, 0.4) is 0 Å². The zero-order chi connectivity index (χ0) is 7.68. The molecule has 1 aromatic rings. The molecule has 0 aliphatic carbocycles. The van der Waals surface area contributed by atoms with E-state index in [4.69, 9.17) is 0 Å². The Kier molecular flexibility index (Phi) is 1.32. The van der Waals surface area contributed by atoms with E-state index < -0.39 is 0 Å². The topological polar surface area (TPSA) is 29.4 Å². The molecule has 0 N–H and O–H groups in total. The van der Waals surface area contributed by atoms with Crippen LogP contribution >= 0.6 is 0 Å². The fourth-order valence-electron chi connectivity index (χ4n) is 1.10. The van der Waals surface area contributed by atoms with Crippen molar-refractivity contribution in [1.29, 1.82) is 0 Å². The molecule has 0 unspecified atom stereocenters. The number of aliphatic imine (C=N–C) groups is 1. The second-order valence-corrected chi connectivity index (χ2v) is 2.45. The summed E-state index contributed by atoms with van der Waals surface area (Å²) in [7, 11) is 0. The lowest BCUT2D eigenvalue weighted by molar-refractivity contribution is -0.112. The summed E-state index contributed by atoms with van der Waals surface area (Å²) < 4.78 is 0. The summed E-state index contributed by atoms with van der Waals surface area (Å²) in [4.78, 5) is 14.7. The van der Waals surface area contributed by atoms with Crippen molar-refractivity contribution < 1.29 is 4.79 Å². The Balaban J connectivity index is 2.54. The van der Waals surface area contributed by atoms with Gasteiger partial charge in [-0.05, 0) is 11.6 Å². The summed E-state index contributed by atoms with van der Waals surface area (Å²) in [5.74, 6) is -0.0382. The number of ketones is 1. The highest BCUT2D eigenvalue weighted by Gasteiger charge is 2.10. The Morgan fingerprint density at radius 1 is 1.36 bits per heavy atom. The highest BCUT2D eigenvalue weighted by atomic mass is 16.1. The molecule has 0 aromatic heterocycles. The van der Waals surface area contributed by atoms with Crippen LogP contribution in [0.5, 0.6) is 0 Å². The third-order valence-corrected chi connectivity index (χ3v) is 1.64. The van der Waals surface area contributed by atoms with Crippen LogP contribution < -0.4 is 0 Å². The number of Topliss-reactive ketones (excluding diaryl/α,β-unsaturated/α-hetero) is 1. The van der Waals surface area contributed by atoms with E-state index in [0.29, 0.717) is 6.42 Å². The van der Waals surface area contributed by atoms with Gasteiger partial charge in [-0.3, -0.25) is 4.79 Å². The number of benzene rings is 1. The lowest BCUT2D eigenvalue weighted by Gasteiger charge is -2.05. The first-order chi connectivity index (χ1) is 5.36. The van der Waals surface area contributed by atoms with E-state index >= 15 is 0 Å². The number of carbonyl (C=O) groups is 1. The molecule has 1 radical (unpaired) electrons. The van der Waals surface area contributed by atoms with Gasteiger partial charge < -0.3 is 0 Å². The molecule has 53 valence electrons. The van der Waals surface area contributed by atoms with Crippen molar-refractivity contribution in [2.45, 2.75) is 6.42 Å². The molecule has 0 atom stereocenters. The number of rotatable bonds is 0. The number of hydrogen-bond donors (Lipinski definition) is 0. The number of hydrogen-bond acceptors (Lipinski definition) is 2. The van der Waals surface area contributed by atoms with Crippen LogP contribution in [0.25, 0.3) is 0 Å². The minimum atomic E-state index is -0.0382. The predicted molar refractivity (Wildman–Crippen MR) is 42.2 cm³/mol. The van der Waals surface area contributed by atoms with E-state index in [0.717, 1.165) is 11.3 Å². The largest absolute Gasteiger partial charge is 0.292 e. The van der Waals surface area contributed by atoms with Gasteiger partial charge in [-0.1, -0.05) is 18.2 Å². The molecule has 2 rings (SSSR count). The SMILES string of the molecule is O=C1[C]=Nc2ccccc2C1. The van der Waals surface area contributed by atoms with Crippen molar-refractivity contribution in [2.24, 2.45) is 4.99 Å². The highest BCUT2D eigenvalue weighted by molar-refractivity contribution is 6.29. The molecular formula is C9H6NO. The zero-order valence-electron chi connectivity index (χ0n) is 5.87. The summed E-state index contributed by atoms with van der Waals surface area (Å²) in [6.45, 7) is 0. The molecule has 11 heavy (non-hydrogen) atoms. The minimum Gasteiger partial charge on any atom is -0.292 e. The number of nitrogens with zero attached hydrogens (tertiary/aromatic N) is 1. The molecule has 0 bridgehead atoms. The average Bonchev–Trinajstić information content (AvgIpc) is 2.04. The average molecular weight is 144 g/mol. The van der Waals surface area contributed by atoms with Crippen molar-refractivity contribution in [2.75, 3.05) is 0 Å². The quantitative estimate of drug-likeness (QED) is 0.541. The third kappa shape index (κ3) is 1.07. The lowest BCUT2D eigenvalue weighted by Crippen LogP contribution is -2.07. The van der Waals surface area contributed by atoms with Gasteiger partial charge in [0.15, 0.2) is 5.78 Å². The van der Waals surface area contributed by atoms with Gasteiger partial charge in [-0.2, -0.15) is 0 Å². The molecule has 0 spiro atoms. The standard InChI is InChI=1S/C9H6NO/c11-8-5-7-3-1-2-4-9(7)10-6-8/h1-4H,5H2. The maximum absolute atomic E-state index is 10.8. The highest BCUT2D eigenvalue weighted by Crippen LogP contribution is 2.21. The maximum Gasteiger partial charge on any atom is 0.187 e. The summed E-state index contributed by atoms with van der Waals surface area (Å²) in [6.07, 6.45) is 2.87. The van der Waals surface area contributed by atoms with E-state index in [-0.39, 0.29) is 5.78 Å². The van der Waals surface area contributed by atoms with Crippen LogP contribution in [0.2, 0.25) is 0 Å². The molecule has 2 heteroatoms. The molecule has 0 saturated heterocycles. The van der Waals surface area contributed by atoms with Gasteiger partial charge in [0.1, 0.15) is 6.21 Å². The number of para-hydroxylation sites is 1. The molecule has 2 nitrogen and oxygen atoms in total. The second kappa shape index (κ2) is 2.31. The zero-order valence-corrected chi connectivity index (χ0v) is 5.87. The molecule has 0 amide bonds. The van der Waals surface area contributed by atoms with E-state index in [1.807, 2.05) is 24.3 Å². The Hall–Kier alpha value is -1.44. The van der Waals surface area contributed by atoms with Crippen molar-refractivity contribution in [3.8, 4) is 0 Å². The minimum absolute atomic E-state index is 0.0382. The van der Waals surface area contributed by atoms with Crippen molar-refractivity contribution in [1.82, 2.24) is 0 Å². The third-order valence-electron chi connectivity index (χ3n) is 1.64. The first kappa shape index (κ1) is 6.28. The molecule has 1 aliphatic rings. The summed E-state index contributed by atoms with van der Waals surface area (Å²) in [6, 6.07) is 7.61. The molecule has 1 aromatic carbocycles. The van der Waals surface area contributed by atoms with Crippen LogP contribution in [0.15, 0.2) is 29.3 Å². The number of fused-ring (bicyclic) bond motifs is 1. The van der Waals surface area contributed by atoms with Gasteiger partial charge in [0, 0.05) is 6.42 Å². The Labute approximate surface area is 64.6 Å². The predicted octanol–water partition coefficient (Wildman–Crippen LogP) is 1.39. The van der Waals surface area contributed by atoms with Gasteiger partial charge in [0.2, 0.25) is 0 Å². The molecule has 1 aliphatic heterocycles. The molecule has 0 fully saturated rings. The lowest BCUT2D eigenvalue weighted by atomic mass is 10.1. The molecule has 0 saturated carbocycles. The van der Waals surface area contributed by atoms with Gasteiger partial charge in [0.05, 0.1) is 5.69 Å². The Bertz CT molecular complexity index is 328. The van der Waals surface area contributed by atoms with E-state index in [1.165, 1.54) is 0 Å². The van der Waals surface area contributed by atoms with Crippen molar-refractivity contribution in [3.05, 3.63) is 29.8 Å². The fourth-order valence-corrected chi connectivity index (χ4v) is 1.10. The van der Waals surface area contributed by atoms with E-state index in [1.54, 1.807) is 0 Å². The van der Waals surface area contributed by atoms with Crippen LogP contribution in [0, 0.1) is 0 Å². The maximum atomic E-state index is 10.8. The summed E-state index contributed by atoms with van der Waals surface area (Å²) in [5.41, 5.74) is 1.86. The number of carbonyl (C=O) groups excluding carboxylic acids is 1. The van der Waals surface area contributed by atoms with Gasteiger partial charge >= 0.3 is 0 Å². The molecule has 1 heterocycles. The van der Waals surface area contributed by atoms with Gasteiger partial charge in [0.25, 0.3) is 0 Å². The van der Waals surface area contributed by atoms with Crippen LogP contribution in [0.1, 0.15) is 5.56 Å². The van der Waals surface area contributed by atoms with Crippen LogP contribution in [0.4, 0.5) is 5.69 Å². The Morgan fingerprint density at radius 3 is 3.09 bits per heavy atom. The summed E-state index contributed by atoms with van der Waals surface area (Å²) >= 11 is 0. The van der Waals surface area contributed by atoms with Gasteiger partial charge in [-0.15, -0.1) is 0 Å². The second-order valence-electron chi connectivity index (χ2n) is 2.45. The first-order valence-electron chi connectivity index (χ1n) is 3.44. The van der Waals surface area contributed by atoms with Crippen molar-refractivity contribution >= 4 is 17.7 Å². The Morgan fingerprint density at radius 2 is 2.18 bits per heavy atom.